The topological polar surface area (TPSA) is 74.2 Å². The zero-order valence-electron chi connectivity index (χ0n) is 15.1. The second kappa shape index (κ2) is 8.07. The van der Waals surface area contributed by atoms with Crippen molar-refractivity contribution in [3.05, 3.63) is 71.4 Å². The van der Waals surface area contributed by atoms with Crippen molar-refractivity contribution in [1.82, 2.24) is 14.6 Å². The molecule has 2 aromatic carbocycles. The number of nitriles is 1. The van der Waals surface area contributed by atoms with Crippen LogP contribution in [0.5, 0.6) is 5.88 Å². The maximum atomic E-state index is 14.3. The van der Waals surface area contributed by atoms with Crippen LogP contribution in [-0.4, -0.2) is 71.1 Å². The van der Waals surface area contributed by atoms with Gasteiger partial charge in [0.1, 0.15) is 11.6 Å². The summed E-state index contributed by atoms with van der Waals surface area (Å²) in [4.78, 5) is 4.52. The van der Waals surface area contributed by atoms with Crippen molar-refractivity contribution < 1.29 is 13.9 Å². The predicted octanol–water partition coefficient (Wildman–Crippen LogP) is 3.85. The van der Waals surface area contributed by atoms with E-state index in [9.17, 15) is 13.9 Å². The SMILES string of the molecule is Cc1nn2c(O)cc(-c3ccc(C#N)cc3)nc2c1-c1ccc(F)cc1F.[K]. The van der Waals surface area contributed by atoms with Gasteiger partial charge in [0.15, 0.2) is 5.65 Å². The summed E-state index contributed by atoms with van der Waals surface area (Å²) in [7, 11) is 0. The normalized spacial score (nSPS) is 10.5. The van der Waals surface area contributed by atoms with Gasteiger partial charge < -0.3 is 5.11 Å². The molecule has 2 heterocycles. The van der Waals surface area contributed by atoms with Gasteiger partial charge in [-0.3, -0.25) is 0 Å². The van der Waals surface area contributed by atoms with E-state index in [0.717, 1.165) is 12.1 Å². The molecule has 4 aromatic rings. The molecule has 133 valence electrons. The molecule has 1 N–H and O–H groups in total. The molecule has 4 rings (SSSR count). The number of nitrogens with zero attached hydrogens (tertiary/aromatic N) is 4. The molecule has 0 unspecified atom stereocenters. The standard InChI is InChI=1S/C20H12F2N4O.K/c1-11-19(15-7-6-14(21)8-16(15)22)20-24-17(9-18(27)26(20)25-11)13-4-2-12(10-23)3-5-13;/h2-9,27H,1H3;. The third kappa shape index (κ3) is 3.59. The summed E-state index contributed by atoms with van der Waals surface area (Å²) in [6.45, 7) is 1.66. The van der Waals surface area contributed by atoms with Crippen LogP contribution in [0.15, 0.2) is 48.5 Å². The molecule has 1 radical (unpaired) electrons. The fourth-order valence-corrected chi connectivity index (χ4v) is 2.98. The van der Waals surface area contributed by atoms with E-state index in [1.54, 1.807) is 31.2 Å². The molecule has 0 amide bonds. The number of benzene rings is 2. The maximum absolute atomic E-state index is 14.3. The molecular weight excluding hydrogens is 389 g/mol. The fraction of sp³-hybridized carbons (Fsp3) is 0.0500. The molecule has 0 aliphatic heterocycles. The number of rotatable bonds is 2. The molecule has 0 bridgehead atoms. The van der Waals surface area contributed by atoms with Crippen LogP contribution < -0.4 is 0 Å². The molecule has 0 aliphatic rings. The molecule has 28 heavy (non-hydrogen) atoms. The number of hydrogen-bond acceptors (Lipinski definition) is 4. The van der Waals surface area contributed by atoms with E-state index < -0.39 is 11.6 Å². The molecule has 0 saturated carbocycles. The smallest absolute Gasteiger partial charge is 0.216 e. The van der Waals surface area contributed by atoms with Gasteiger partial charge in [0.2, 0.25) is 5.88 Å². The van der Waals surface area contributed by atoms with E-state index in [1.165, 1.54) is 16.6 Å². The van der Waals surface area contributed by atoms with Gasteiger partial charge in [-0.05, 0) is 31.2 Å². The van der Waals surface area contributed by atoms with Crippen LogP contribution in [0.4, 0.5) is 8.78 Å². The first-order chi connectivity index (χ1) is 13.0. The number of hydrogen-bond donors (Lipinski definition) is 1. The monoisotopic (exact) mass is 401 g/mol. The minimum atomic E-state index is -0.738. The first kappa shape index (κ1) is 20.6. The number of aryl methyl sites for hydroxylation is 1. The summed E-state index contributed by atoms with van der Waals surface area (Å²) in [6.07, 6.45) is 0. The molecule has 0 aliphatic carbocycles. The molecular formula is C20H12F2KN4O. The van der Waals surface area contributed by atoms with E-state index >= 15 is 0 Å². The summed E-state index contributed by atoms with van der Waals surface area (Å²) < 4.78 is 28.8. The van der Waals surface area contributed by atoms with Crippen molar-refractivity contribution in [2.24, 2.45) is 0 Å². The maximum Gasteiger partial charge on any atom is 0.216 e. The minimum Gasteiger partial charge on any atom is -0.493 e. The Morgan fingerprint density at radius 2 is 1.79 bits per heavy atom. The van der Waals surface area contributed by atoms with Gasteiger partial charge in [-0.15, -0.1) is 0 Å². The Morgan fingerprint density at radius 1 is 1.07 bits per heavy atom. The Bertz CT molecular complexity index is 1230. The largest absolute Gasteiger partial charge is 0.493 e. The van der Waals surface area contributed by atoms with Crippen LogP contribution in [0.2, 0.25) is 0 Å². The summed E-state index contributed by atoms with van der Waals surface area (Å²) in [6, 6.07) is 13.4. The number of aromatic nitrogens is 3. The first-order valence-corrected chi connectivity index (χ1v) is 8.03. The Labute approximate surface area is 201 Å². The second-order valence-corrected chi connectivity index (χ2v) is 6.01. The van der Waals surface area contributed by atoms with Crippen molar-refractivity contribution in [1.29, 1.82) is 5.26 Å². The van der Waals surface area contributed by atoms with Gasteiger partial charge in [0, 0.05) is 74.6 Å². The van der Waals surface area contributed by atoms with E-state index in [2.05, 4.69) is 10.1 Å². The van der Waals surface area contributed by atoms with Crippen molar-refractivity contribution in [2.45, 2.75) is 6.92 Å². The van der Waals surface area contributed by atoms with Gasteiger partial charge in [0.25, 0.3) is 0 Å². The fourth-order valence-electron chi connectivity index (χ4n) is 2.98. The summed E-state index contributed by atoms with van der Waals surface area (Å²) in [5, 5.41) is 23.5. The van der Waals surface area contributed by atoms with Crippen LogP contribution in [0.25, 0.3) is 28.0 Å². The number of fused-ring (bicyclic) bond motifs is 1. The van der Waals surface area contributed by atoms with E-state index in [-0.39, 0.29) is 68.5 Å². The molecule has 0 saturated heterocycles. The van der Waals surface area contributed by atoms with Crippen LogP contribution in [-0.2, 0) is 0 Å². The van der Waals surface area contributed by atoms with Crippen LogP contribution >= 0.6 is 0 Å². The van der Waals surface area contributed by atoms with Crippen molar-refractivity contribution in [3.8, 4) is 34.3 Å². The minimum absolute atomic E-state index is 0. The van der Waals surface area contributed by atoms with E-state index in [4.69, 9.17) is 5.26 Å². The molecule has 5 nitrogen and oxygen atoms in total. The zero-order chi connectivity index (χ0) is 19.1. The molecule has 0 atom stereocenters. The van der Waals surface area contributed by atoms with Crippen molar-refractivity contribution in [3.63, 3.8) is 0 Å². The molecule has 0 fully saturated rings. The predicted molar refractivity (Wildman–Crippen MR) is 101 cm³/mol. The molecule has 8 heteroatoms. The van der Waals surface area contributed by atoms with Crippen molar-refractivity contribution in [2.75, 3.05) is 0 Å². The second-order valence-electron chi connectivity index (χ2n) is 6.01. The Kier molecular flexibility index (Phi) is 5.93. The van der Waals surface area contributed by atoms with Crippen LogP contribution in [0.1, 0.15) is 11.3 Å². The van der Waals surface area contributed by atoms with Gasteiger partial charge >= 0.3 is 0 Å². The third-order valence-electron chi connectivity index (χ3n) is 4.26. The summed E-state index contributed by atoms with van der Waals surface area (Å²) in [5.41, 5.74) is 2.83. The quantitative estimate of drug-likeness (QED) is 0.518. The van der Waals surface area contributed by atoms with Crippen LogP contribution in [0.3, 0.4) is 0 Å². The third-order valence-corrected chi connectivity index (χ3v) is 4.26. The number of halogens is 2. The summed E-state index contributed by atoms with van der Waals surface area (Å²) in [5.74, 6) is -1.59. The first-order valence-electron chi connectivity index (χ1n) is 8.03. The molecule has 0 spiro atoms. The Balaban J connectivity index is 0.00000225. The van der Waals surface area contributed by atoms with Crippen molar-refractivity contribution >= 4 is 57.0 Å². The Hall–Kier alpha value is -2.15. The van der Waals surface area contributed by atoms with Gasteiger partial charge in [0.05, 0.1) is 28.6 Å². The van der Waals surface area contributed by atoms with Gasteiger partial charge in [-0.2, -0.15) is 14.9 Å². The molecule has 2 aromatic heterocycles. The number of aromatic hydroxyl groups is 1. The van der Waals surface area contributed by atoms with E-state index in [1.807, 2.05) is 6.07 Å². The van der Waals surface area contributed by atoms with Gasteiger partial charge in [-0.25, -0.2) is 13.8 Å². The van der Waals surface area contributed by atoms with Gasteiger partial charge in [-0.1, -0.05) is 12.1 Å². The van der Waals surface area contributed by atoms with E-state index in [0.29, 0.717) is 28.1 Å². The average molecular weight is 401 g/mol. The average Bonchev–Trinajstić information content (AvgIpc) is 2.98. The van der Waals surface area contributed by atoms with Crippen LogP contribution in [0, 0.1) is 29.9 Å². The Morgan fingerprint density at radius 3 is 2.43 bits per heavy atom. The summed E-state index contributed by atoms with van der Waals surface area (Å²) >= 11 is 0. The zero-order valence-corrected chi connectivity index (χ0v) is 18.2.